The Morgan fingerprint density at radius 1 is 1.38 bits per heavy atom. The molecule has 0 spiro atoms. The normalized spacial score (nSPS) is 13.8. The van der Waals surface area contributed by atoms with E-state index < -0.39 is 16.7 Å². The molecule has 1 heterocycles. The van der Waals surface area contributed by atoms with Crippen molar-refractivity contribution in [3.63, 3.8) is 0 Å². The van der Waals surface area contributed by atoms with Gasteiger partial charge in [-0.3, -0.25) is 24.6 Å². The molecule has 1 aliphatic heterocycles. The smallest absolute Gasteiger partial charge is 0.294 e. The molecule has 2 N–H and O–H groups in total. The SMILES string of the molecule is CCCCOc1cc(NC2=CC(=O)N(CCO)C2=O)c([N+](=O)[O-])cc1Br. The van der Waals surface area contributed by atoms with E-state index in [-0.39, 0.29) is 30.2 Å². The molecule has 26 heavy (non-hydrogen) atoms. The second-order valence-corrected chi connectivity index (χ2v) is 6.31. The minimum absolute atomic E-state index is 0.0305. The number of halogens is 1. The number of carbonyl (C=O) groups excluding carboxylic acids is 2. The summed E-state index contributed by atoms with van der Waals surface area (Å²) in [6, 6.07) is 2.68. The first-order chi connectivity index (χ1) is 12.4. The number of nitrogens with zero attached hydrogens (tertiary/aromatic N) is 2. The highest BCUT2D eigenvalue weighted by atomic mass is 79.9. The zero-order chi connectivity index (χ0) is 19.3. The summed E-state index contributed by atoms with van der Waals surface area (Å²) in [4.78, 5) is 35.6. The van der Waals surface area contributed by atoms with E-state index in [1.165, 1.54) is 12.1 Å². The Hall–Kier alpha value is -2.46. The predicted octanol–water partition coefficient (Wildman–Crippen LogP) is 2.19. The Morgan fingerprint density at radius 3 is 2.73 bits per heavy atom. The number of anilines is 1. The third-order valence-electron chi connectivity index (χ3n) is 3.60. The number of benzene rings is 1. The zero-order valence-corrected chi connectivity index (χ0v) is 15.6. The van der Waals surface area contributed by atoms with Gasteiger partial charge in [-0.05, 0) is 22.4 Å². The molecule has 2 amide bonds. The fourth-order valence-corrected chi connectivity index (χ4v) is 2.73. The summed E-state index contributed by atoms with van der Waals surface area (Å²) < 4.78 is 6.01. The lowest BCUT2D eigenvalue weighted by atomic mass is 10.2. The number of aliphatic hydroxyl groups excluding tert-OH is 1. The van der Waals surface area contributed by atoms with Gasteiger partial charge in [0.15, 0.2) is 0 Å². The molecule has 0 aromatic heterocycles. The van der Waals surface area contributed by atoms with Gasteiger partial charge in [0.2, 0.25) is 0 Å². The number of β-amino-alcohol motifs (C(OH)–C–C–N with tert-alkyl or cyclic N) is 1. The van der Waals surface area contributed by atoms with Gasteiger partial charge in [0, 0.05) is 18.2 Å². The maximum Gasteiger partial charge on any atom is 0.294 e. The van der Waals surface area contributed by atoms with Gasteiger partial charge in [-0.2, -0.15) is 0 Å². The van der Waals surface area contributed by atoms with E-state index >= 15 is 0 Å². The van der Waals surface area contributed by atoms with Gasteiger partial charge < -0.3 is 15.2 Å². The molecule has 1 aliphatic rings. The van der Waals surface area contributed by atoms with E-state index in [0.717, 1.165) is 23.8 Å². The first-order valence-electron chi connectivity index (χ1n) is 7.95. The van der Waals surface area contributed by atoms with Gasteiger partial charge in [-0.1, -0.05) is 13.3 Å². The fourth-order valence-electron chi connectivity index (χ4n) is 2.29. The van der Waals surface area contributed by atoms with Crippen LogP contribution in [0.2, 0.25) is 0 Å². The lowest BCUT2D eigenvalue weighted by Crippen LogP contribution is -2.34. The first kappa shape index (κ1) is 19.9. The second kappa shape index (κ2) is 8.77. The van der Waals surface area contributed by atoms with Crippen LogP contribution in [0.3, 0.4) is 0 Å². The molecule has 10 heteroatoms. The third-order valence-corrected chi connectivity index (χ3v) is 4.22. The van der Waals surface area contributed by atoms with Crippen LogP contribution in [0.25, 0.3) is 0 Å². The lowest BCUT2D eigenvalue weighted by Gasteiger charge is -2.14. The van der Waals surface area contributed by atoms with Crippen LogP contribution < -0.4 is 10.1 Å². The third kappa shape index (κ3) is 4.38. The molecule has 1 aromatic rings. The number of nitrogens with one attached hydrogen (secondary N) is 1. The summed E-state index contributed by atoms with van der Waals surface area (Å²) in [5, 5.41) is 22.9. The number of carbonyl (C=O) groups is 2. The maximum atomic E-state index is 12.2. The Labute approximate surface area is 157 Å². The predicted molar refractivity (Wildman–Crippen MR) is 96.7 cm³/mol. The second-order valence-electron chi connectivity index (χ2n) is 5.46. The highest BCUT2D eigenvalue weighted by molar-refractivity contribution is 9.10. The molecule has 0 aliphatic carbocycles. The van der Waals surface area contributed by atoms with Gasteiger partial charge >= 0.3 is 0 Å². The van der Waals surface area contributed by atoms with Crippen molar-refractivity contribution in [2.45, 2.75) is 19.8 Å². The first-order valence-corrected chi connectivity index (χ1v) is 8.74. The zero-order valence-electron chi connectivity index (χ0n) is 14.0. The Morgan fingerprint density at radius 2 is 2.12 bits per heavy atom. The van der Waals surface area contributed by atoms with Gasteiger partial charge in [0.05, 0.1) is 29.2 Å². The van der Waals surface area contributed by atoms with Gasteiger partial charge in [0.25, 0.3) is 17.5 Å². The van der Waals surface area contributed by atoms with E-state index in [1.54, 1.807) is 0 Å². The van der Waals surface area contributed by atoms with E-state index in [2.05, 4.69) is 21.2 Å². The summed E-state index contributed by atoms with van der Waals surface area (Å²) in [5.74, 6) is -0.864. The largest absolute Gasteiger partial charge is 0.492 e. The number of nitro benzene ring substituents is 1. The molecule has 0 unspecified atom stereocenters. The van der Waals surface area contributed by atoms with Crippen LogP contribution in [0, 0.1) is 10.1 Å². The van der Waals surface area contributed by atoms with Crippen LogP contribution >= 0.6 is 15.9 Å². The number of amides is 2. The quantitative estimate of drug-likeness (QED) is 0.268. The summed E-state index contributed by atoms with van der Waals surface area (Å²) >= 11 is 3.24. The molecule has 0 fully saturated rings. The van der Waals surface area contributed by atoms with Crippen molar-refractivity contribution in [3.05, 3.63) is 38.5 Å². The van der Waals surface area contributed by atoms with Crippen molar-refractivity contribution in [3.8, 4) is 5.75 Å². The number of unbranched alkanes of at least 4 members (excludes halogenated alkanes) is 1. The van der Waals surface area contributed by atoms with E-state index in [0.29, 0.717) is 16.8 Å². The average Bonchev–Trinajstić information content (AvgIpc) is 2.85. The average molecular weight is 428 g/mol. The van der Waals surface area contributed by atoms with E-state index in [9.17, 15) is 19.7 Å². The van der Waals surface area contributed by atoms with Crippen LogP contribution in [0.1, 0.15) is 19.8 Å². The van der Waals surface area contributed by atoms with Gasteiger partial charge in [-0.15, -0.1) is 0 Å². The molecule has 140 valence electrons. The van der Waals surface area contributed by atoms with Crippen molar-refractivity contribution in [1.29, 1.82) is 0 Å². The molecule has 1 aromatic carbocycles. The lowest BCUT2D eigenvalue weighted by molar-refractivity contribution is -0.384. The fraction of sp³-hybridized carbons (Fsp3) is 0.375. The molecular weight excluding hydrogens is 410 g/mol. The molecule has 0 atom stereocenters. The van der Waals surface area contributed by atoms with Crippen molar-refractivity contribution >= 4 is 39.1 Å². The van der Waals surface area contributed by atoms with Crippen LogP contribution in [-0.4, -0.2) is 46.5 Å². The highest BCUT2D eigenvalue weighted by Gasteiger charge is 2.32. The van der Waals surface area contributed by atoms with Gasteiger partial charge in [-0.25, -0.2) is 0 Å². The molecule has 0 saturated carbocycles. The van der Waals surface area contributed by atoms with Gasteiger partial charge in [0.1, 0.15) is 17.1 Å². The van der Waals surface area contributed by atoms with E-state index in [4.69, 9.17) is 9.84 Å². The summed E-state index contributed by atoms with van der Waals surface area (Å²) in [6.45, 7) is 1.94. The van der Waals surface area contributed by atoms with E-state index in [1.807, 2.05) is 6.92 Å². The standard InChI is InChI=1S/C16H18BrN3O6/c1-2-3-6-26-14-8-11(13(20(24)25)7-10(14)17)18-12-9-15(22)19(4-5-21)16(12)23/h7-9,18,21H,2-6H2,1H3. The monoisotopic (exact) mass is 427 g/mol. The number of rotatable bonds is 9. The molecule has 0 radical (unpaired) electrons. The summed E-state index contributed by atoms with van der Waals surface area (Å²) in [5.41, 5.74) is -0.349. The van der Waals surface area contributed by atoms with Crippen molar-refractivity contribution < 1.29 is 24.4 Å². The topological polar surface area (TPSA) is 122 Å². The molecular formula is C16H18BrN3O6. The number of hydrogen-bond donors (Lipinski definition) is 2. The van der Waals surface area contributed by atoms with Crippen molar-refractivity contribution in [1.82, 2.24) is 4.90 Å². The number of hydrogen-bond acceptors (Lipinski definition) is 7. The minimum atomic E-state index is -0.658. The summed E-state index contributed by atoms with van der Waals surface area (Å²) in [6.07, 6.45) is 2.79. The summed E-state index contributed by atoms with van der Waals surface area (Å²) in [7, 11) is 0. The number of aliphatic hydroxyl groups is 1. The molecule has 0 saturated heterocycles. The number of nitro groups is 1. The van der Waals surface area contributed by atoms with Crippen molar-refractivity contribution in [2.75, 3.05) is 25.1 Å². The number of ether oxygens (including phenoxy) is 1. The van der Waals surface area contributed by atoms with Crippen LogP contribution in [0.5, 0.6) is 5.75 Å². The molecule has 2 rings (SSSR count). The maximum absolute atomic E-state index is 12.2. The highest BCUT2D eigenvalue weighted by Crippen LogP contribution is 2.37. The van der Waals surface area contributed by atoms with Crippen LogP contribution in [0.15, 0.2) is 28.4 Å². The number of imide groups is 1. The van der Waals surface area contributed by atoms with Crippen LogP contribution in [0.4, 0.5) is 11.4 Å². The Balaban J connectivity index is 2.31. The van der Waals surface area contributed by atoms with Crippen molar-refractivity contribution in [2.24, 2.45) is 0 Å². The van der Waals surface area contributed by atoms with Crippen LogP contribution in [-0.2, 0) is 9.59 Å². The Bertz CT molecular complexity index is 765. The minimum Gasteiger partial charge on any atom is -0.492 e. The molecule has 9 nitrogen and oxygen atoms in total. The molecule has 0 bridgehead atoms. The Kier molecular flexibility index (Phi) is 6.70.